The number of alkyl halides is 2. The van der Waals surface area contributed by atoms with Crippen molar-refractivity contribution in [3.8, 4) is 11.5 Å². The van der Waals surface area contributed by atoms with Crippen LogP contribution in [-0.2, 0) is 0 Å². The summed E-state index contributed by atoms with van der Waals surface area (Å²) in [6.07, 6.45) is 1.23. The number of hydrazone groups is 1. The van der Waals surface area contributed by atoms with Gasteiger partial charge in [0.2, 0.25) is 0 Å². The van der Waals surface area contributed by atoms with E-state index in [0.29, 0.717) is 12.2 Å². The number of nitrogens with one attached hydrogen (secondary N) is 1. The molecule has 0 aliphatic heterocycles. The quantitative estimate of drug-likeness (QED) is 0.612. The number of nitrogens with zero attached hydrogens (tertiary/aromatic N) is 1. The lowest BCUT2D eigenvalue weighted by atomic mass is 10.1. The van der Waals surface area contributed by atoms with Crippen LogP contribution in [0.15, 0.2) is 47.6 Å². The maximum Gasteiger partial charge on any atom is 0.387 e. The van der Waals surface area contributed by atoms with Crippen LogP contribution in [0.1, 0.15) is 28.4 Å². The minimum atomic E-state index is -3.00. The van der Waals surface area contributed by atoms with E-state index in [9.17, 15) is 13.6 Å². The lowest BCUT2D eigenvalue weighted by Gasteiger charge is -2.13. The molecule has 0 aliphatic rings. The second-order valence-corrected chi connectivity index (χ2v) is 5.00. The first-order valence-electron chi connectivity index (χ1n) is 7.62. The van der Waals surface area contributed by atoms with Crippen LogP contribution in [0.3, 0.4) is 0 Å². The fourth-order valence-electron chi connectivity index (χ4n) is 2.17. The average molecular weight is 348 g/mol. The zero-order valence-corrected chi connectivity index (χ0v) is 13.8. The van der Waals surface area contributed by atoms with Crippen molar-refractivity contribution in [2.45, 2.75) is 20.5 Å². The second kappa shape index (κ2) is 8.77. The van der Waals surface area contributed by atoms with Gasteiger partial charge in [0, 0.05) is 11.1 Å². The van der Waals surface area contributed by atoms with E-state index in [-0.39, 0.29) is 17.1 Å². The lowest BCUT2D eigenvalue weighted by Crippen LogP contribution is -2.18. The number of amides is 1. The number of hydrogen-bond donors (Lipinski definition) is 1. The van der Waals surface area contributed by atoms with Crippen LogP contribution < -0.4 is 14.9 Å². The van der Waals surface area contributed by atoms with Gasteiger partial charge in [-0.2, -0.15) is 13.9 Å². The number of hydrogen-bond acceptors (Lipinski definition) is 4. The Morgan fingerprint density at radius 3 is 2.68 bits per heavy atom. The van der Waals surface area contributed by atoms with E-state index in [1.807, 2.05) is 6.07 Å². The number of carbonyl (C=O) groups excluding carboxylic acids is 1. The van der Waals surface area contributed by atoms with E-state index >= 15 is 0 Å². The van der Waals surface area contributed by atoms with Gasteiger partial charge < -0.3 is 9.47 Å². The maximum absolute atomic E-state index is 12.6. The summed E-state index contributed by atoms with van der Waals surface area (Å²) in [5.74, 6) is -0.350. The Labute approximate surface area is 144 Å². The molecule has 0 heterocycles. The number of carbonyl (C=O) groups is 1. The number of ether oxygens (including phenoxy) is 2. The maximum atomic E-state index is 12.6. The normalized spacial score (nSPS) is 10.9. The molecule has 0 unspecified atom stereocenters. The Morgan fingerprint density at radius 2 is 2.00 bits per heavy atom. The highest BCUT2D eigenvalue weighted by molar-refractivity contribution is 5.96. The van der Waals surface area contributed by atoms with E-state index in [2.05, 4.69) is 15.3 Å². The molecule has 0 spiro atoms. The third-order valence-corrected chi connectivity index (χ3v) is 3.28. The van der Waals surface area contributed by atoms with E-state index in [1.165, 1.54) is 18.3 Å². The van der Waals surface area contributed by atoms with Gasteiger partial charge in [0.1, 0.15) is 0 Å². The summed E-state index contributed by atoms with van der Waals surface area (Å²) in [5.41, 5.74) is 3.91. The second-order valence-electron chi connectivity index (χ2n) is 5.00. The monoisotopic (exact) mass is 348 g/mol. The molecular formula is C18H18F2N2O3. The van der Waals surface area contributed by atoms with Crippen molar-refractivity contribution < 1.29 is 23.0 Å². The van der Waals surface area contributed by atoms with Crippen LogP contribution in [0.4, 0.5) is 8.78 Å². The molecule has 5 nitrogen and oxygen atoms in total. The van der Waals surface area contributed by atoms with Gasteiger partial charge in [0.15, 0.2) is 11.5 Å². The van der Waals surface area contributed by atoms with Crippen molar-refractivity contribution in [3.63, 3.8) is 0 Å². The van der Waals surface area contributed by atoms with Crippen molar-refractivity contribution in [2.24, 2.45) is 5.10 Å². The molecule has 0 bridgehead atoms. The van der Waals surface area contributed by atoms with Gasteiger partial charge in [-0.05, 0) is 37.6 Å². The molecule has 0 fully saturated rings. The van der Waals surface area contributed by atoms with Crippen molar-refractivity contribution in [1.82, 2.24) is 5.43 Å². The molecule has 0 saturated heterocycles. The molecule has 132 valence electrons. The Kier molecular flexibility index (Phi) is 6.45. The third-order valence-electron chi connectivity index (χ3n) is 3.28. The minimum Gasteiger partial charge on any atom is -0.490 e. The number of aryl methyl sites for hydroxylation is 1. The largest absolute Gasteiger partial charge is 0.490 e. The molecule has 25 heavy (non-hydrogen) atoms. The predicted octanol–water partition coefficient (Wildman–Crippen LogP) is 3.76. The van der Waals surface area contributed by atoms with Gasteiger partial charge in [-0.15, -0.1) is 0 Å². The van der Waals surface area contributed by atoms with Crippen LogP contribution >= 0.6 is 0 Å². The Balaban J connectivity index is 2.18. The molecule has 0 aliphatic carbocycles. The summed E-state index contributed by atoms with van der Waals surface area (Å²) in [7, 11) is 0. The Bertz CT molecular complexity index is 764. The molecule has 0 atom stereocenters. The van der Waals surface area contributed by atoms with Crippen LogP contribution in [0.25, 0.3) is 0 Å². The van der Waals surface area contributed by atoms with Crippen LogP contribution in [-0.4, -0.2) is 25.3 Å². The standard InChI is InChI=1S/C18H18F2N2O3/c1-3-24-15-10-6-8-13(16(15)25-18(19)20)11-21-22-17(23)14-9-5-4-7-12(14)2/h4-11,18H,3H2,1-2H3,(H,22,23)/b21-11-. The molecule has 1 N–H and O–H groups in total. The molecule has 2 aromatic rings. The Hall–Kier alpha value is -2.96. The van der Waals surface area contributed by atoms with Gasteiger partial charge in [-0.1, -0.05) is 24.3 Å². The van der Waals surface area contributed by atoms with Crippen molar-refractivity contribution >= 4 is 12.1 Å². The zero-order chi connectivity index (χ0) is 18.2. The summed E-state index contributed by atoms with van der Waals surface area (Å²) in [5, 5.41) is 3.82. The van der Waals surface area contributed by atoms with Crippen molar-refractivity contribution in [2.75, 3.05) is 6.61 Å². The predicted molar refractivity (Wildman–Crippen MR) is 90.5 cm³/mol. The zero-order valence-electron chi connectivity index (χ0n) is 13.8. The van der Waals surface area contributed by atoms with Crippen molar-refractivity contribution in [1.29, 1.82) is 0 Å². The van der Waals surface area contributed by atoms with Crippen LogP contribution in [0.5, 0.6) is 11.5 Å². The highest BCUT2D eigenvalue weighted by atomic mass is 19.3. The molecule has 0 radical (unpaired) electrons. The molecule has 1 amide bonds. The molecule has 2 rings (SSSR count). The molecule has 0 saturated carbocycles. The number of rotatable bonds is 7. The Morgan fingerprint density at radius 1 is 1.24 bits per heavy atom. The van der Waals surface area contributed by atoms with Crippen LogP contribution in [0, 0.1) is 6.92 Å². The van der Waals surface area contributed by atoms with Crippen LogP contribution in [0.2, 0.25) is 0 Å². The van der Waals surface area contributed by atoms with Gasteiger partial charge in [-0.25, -0.2) is 5.43 Å². The van der Waals surface area contributed by atoms with E-state index < -0.39 is 12.5 Å². The first-order chi connectivity index (χ1) is 12.0. The molecule has 7 heteroatoms. The fourth-order valence-corrected chi connectivity index (χ4v) is 2.17. The lowest BCUT2D eigenvalue weighted by molar-refractivity contribution is -0.0515. The minimum absolute atomic E-state index is 0.131. The third kappa shape index (κ3) is 5.00. The van der Waals surface area contributed by atoms with Gasteiger partial charge >= 0.3 is 6.61 Å². The first kappa shape index (κ1) is 18.4. The summed E-state index contributed by atoms with van der Waals surface area (Å²) >= 11 is 0. The topological polar surface area (TPSA) is 59.9 Å². The van der Waals surface area contributed by atoms with Gasteiger partial charge in [0.05, 0.1) is 12.8 Å². The smallest absolute Gasteiger partial charge is 0.387 e. The average Bonchev–Trinajstić information content (AvgIpc) is 2.57. The molecule has 2 aromatic carbocycles. The number of para-hydroxylation sites is 1. The summed E-state index contributed by atoms with van der Waals surface area (Å²) in [6, 6.07) is 11.7. The molecule has 0 aromatic heterocycles. The van der Waals surface area contributed by atoms with Gasteiger partial charge in [0.25, 0.3) is 5.91 Å². The molecular weight excluding hydrogens is 330 g/mol. The van der Waals surface area contributed by atoms with Gasteiger partial charge in [-0.3, -0.25) is 4.79 Å². The van der Waals surface area contributed by atoms with E-state index in [1.54, 1.807) is 38.1 Å². The SMILES string of the molecule is CCOc1cccc(/C=N\NC(=O)c2ccccc2C)c1OC(F)F. The van der Waals surface area contributed by atoms with E-state index in [4.69, 9.17) is 4.74 Å². The summed E-state index contributed by atoms with van der Waals surface area (Å²) in [6.45, 7) is 0.827. The highest BCUT2D eigenvalue weighted by Gasteiger charge is 2.15. The van der Waals surface area contributed by atoms with E-state index in [0.717, 1.165) is 5.56 Å². The first-order valence-corrected chi connectivity index (χ1v) is 7.62. The summed E-state index contributed by atoms with van der Waals surface area (Å²) in [4.78, 5) is 12.1. The highest BCUT2D eigenvalue weighted by Crippen LogP contribution is 2.31. The fraction of sp³-hybridized carbons (Fsp3) is 0.222. The number of benzene rings is 2. The van der Waals surface area contributed by atoms with Crippen molar-refractivity contribution in [3.05, 3.63) is 59.2 Å². The summed E-state index contributed by atoms with van der Waals surface area (Å²) < 4.78 is 35.1. The number of halogens is 2.